The predicted octanol–water partition coefficient (Wildman–Crippen LogP) is 2.74. The molecule has 0 N–H and O–H groups in total. The maximum Gasteiger partial charge on any atom is 0.337 e. The highest BCUT2D eigenvalue weighted by Crippen LogP contribution is 2.19. The lowest BCUT2D eigenvalue weighted by Gasteiger charge is -2.01. The van der Waals surface area contributed by atoms with Crippen molar-refractivity contribution < 1.29 is 14.3 Å². The lowest BCUT2D eigenvalue weighted by Crippen LogP contribution is -2.15. The summed E-state index contributed by atoms with van der Waals surface area (Å²) >= 11 is 1.41. The van der Waals surface area contributed by atoms with Crippen LogP contribution in [-0.4, -0.2) is 23.6 Å². The summed E-state index contributed by atoms with van der Waals surface area (Å²) in [4.78, 5) is 28.2. The van der Waals surface area contributed by atoms with Crippen molar-refractivity contribution in [3.8, 4) is 0 Å². The van der Waals surface area contributed by atoms with Crippen molar-refractivity contribution in [3.05, 3.63) is 28.6 Å². The summed E-state index contributed by atoms with van der Waals surface area (Å²) in [5.74, 6) is -0.478. The number of hydrogen-bond donors (Lipinski definition) is 0. The molecule has 0 saturated heterocycles. The van der Waals surface area contributed by atoms with Gasteiger partial charge in [0, 0.05) is 13.0 Å². The molecule has 0 bridgehead atoms. The molecule has 6 heteroatoms. The van der Waals surface area contributed by atoms with Gasteiger partial charge in [-0.3, -0.25) is 4.79 Å². The van der Waals surface area contributed by atoms with Crippen LogP contribution in [0, 0.1) is 0 Å². The third-order valence-electron chi connectivity index (χ3n) is 3.10. The van der Waals surface area contributed by atoms with Crippen molar-refractivity contribution in [2.75, 3.05) is 7.11 Å². The standard InChI is InChI=1S/C15H18N2O3S/c1-4-6-13(18)16-15-17(5-2)11-8-7-10(14(19)20-3)9-12(11)21-15/h7-9H,4-6H2,1-3H3. The molecule has 1 aromatic heterocycles. The van der Waals surface area contributed by atoms with Crippen LogP contribution in [0.1, 0.15) is 37.0 Å². The Morgan fingerprint density at radius 2 is 2.10 bits per heavy atom. The second kappa shape index (κ2) is 6.67. The van der Waals surface area contributed by atoms with Crippen LogP contribution in [0.15, 0.2) is 23.2 Å². The van der Waals surface area contributed by atoms with Gasteiger partial charge in [0.05, 0.1) is 22.9 Å². The largest absolute Gasteiger partial charge is 0.465 e. The number of methoxy groups -OCH3 is 1. The molecule has 0 aliphatic heterocycles. The molecule has 0 aliphatic carbocycles. The fourth-order valence-corrected chi connectivity index (χ4v) is 3.24. The predicted molar refractivity (Wildman–Crippen MR) is 82.3 cm³/mol. The Morgan fingerprint density at radius 3 is 2.71 bits per heavy atom. The van der Waals surface area contributed by atoms with Crippen LogP contribution < -0.4 is 4.80 Å². The molecule has 112 valence electrons. The van der Waals surface area contributed by atoms with Gasteiger partial charge in [-0.1, -0.05) is 18.3 Å². The minimum Gasteiger partial charge on any atom is -0.465 e. The molecule has 0 unspecified atom stereocenters. The van der Waals surface area contributed by atoms with Crippen molar-refractivity contribution in [1.29, 1.82) is 0 Å². The second-order valence-electron chi connectivity index (χ2n) is 4.56. The molecule has 1 aromatic carbocycles. The number of fused-ring (bicyclic) bond motifs is 1. The van der Waals surface area contributed by atoms with Crippen LogP contribution in [0.4, 0.5) is 0 Å². The van der Waals surface area contributed by atoms with E-state index < -0.39 is 0 Å². The van der Waals surface area contributed by atoms with Gasteiger partial charge in [-0.25, -0.2) is 4.79 Å². The van der Waals surface area contributed by atoms with E-state index in [0.29, 0.717) is 16.8 Å². The monoisotopic (exact) mass is 306 g/mol. The normalized spacial score (nSPS) is 11.9. The summed E-state index contributed by atoms with van der Waals surface area (Å²) in [5.41, 5.74) is 1.47. The van der Waals surface area contributed by atoms with E-state index in [-0.39, 0.29) is 11.9 Å². The zero-order chi connectivity index (χ0) is 15.4. The average molecular weight is 306 g/mol. The molecule has 0 saturated carbocycles. The number of aromatic nitrogens is 1. The van der Waals surface area contributed by atoms with Crippen molar-refractivity contribution in [3.63, 3.8) is 0 Å². The molecule has 2 aromatic rings. The summed E-state index contributed by atoms with van der Waals surface area (Å²) in [6.45, 7) is 4.67. The lowest BCUT2D eigenvalue weighted by atomic mass is 10.2. The second-order valence-corrected chi connectivity index (χ2v) is 5.57. The zero-order valence-corrected chi connectivity index (χ0v) is 13.2. The van der Waals surface area contributed by atoms with E-state index >= 15 is 0 Å². The van der Waals surface area contributed by atoms with Crippen molar-refractivity contribution in [2.45, 2.75) is 33.2 Å². The van der Waals surface area contributed by atoms with Crippen LogP contribution >= 0.6 is 11.3 Å². The topological polar surface area (TPSA) is 60.7 Å². The highest BCUT2D eigenvalue weighted by Gasteiger charge is 2.11. The lowest BCUT2D eigenvalue weighted by molar-refractivity contribution is -0.118. The van der Waals surface area contributed by atoms with Gasteiger partial charge in [-0.05, 0) is 31.5 Å². The number of carbonyl (C=O) groups excluding carboxylic acids is 2. The number of esters is 1. The fraction of sp³-hybridized carbons (Fsp3) is 0.400. The molecule has 1 amide bonds. The number of carbonyl (C=O) groups is 2. The van der Waals surface area contributed by atoms with Gasteiger partial charge in [0.25, 0.3) is 0 Å². The first kappa shape index (κ1) is 15.4. The Morgan fingerprint density at radius 1 is 1.33 bits per heavy atom. The number of benzene rings is 1. The number of hydrogen-bond acceptors (Lipinski definition) is 4. The molecule has 0 atom stereocenters. The third-order valence-corrected chi connectivity index (χ3v) is 4.15. The van der Waals surface area contributed by atoms with Crippen LogP contribution in [-0.2, 0) is 16.1 Å². The van der Waals surface area contributed by atoms with E-state index in [2.05, 4.69) is 4.99 Å². The number of rotatable bonds is 4. The molecular weight excluding hydrogens is 288 g/mol. The highest BCUT2D eigenvalue weighted by molar-refractivity contribution is 7.16. The number of thiazole rings is 1. The molecule has 5 nitrogen and oxygen atoms in total. The molecule has 21 heavy (non-hydrogen) atoms. The van der Waals surface area contributed by atoms with Gasteiger partial charge in [0.2, 0.25) is 5.91 Å². The van der Waals surface area contributed by atoms with Crippen molar-refractivity contribution in [2.24, 2.45) is 4.99 Å². The summed E-state index contributed by atoms with van der Waals surface area (Å²) in [6, 6.07) is 5.37. The smallest absolute Gasteiger partial charge is 0.337 e. The average Bonchev–Trinajstić information content (AvgIpc) is 2.82. The number of amides is 1. The van der Waals surface area contributed by atoms with Gasteiger partial charge in [-0.2, -0.15) is 4.99 Å². The van der Waals surface area contributed by atoms with Gasteiger partial charge >= 0.3 is 5.97 Å². The Kier molecular flexibility index (Phi) is 4.90. The maximum absolute atomic E-state index is 11.7. The highest BCUT2D eigenvalue weighted by atomic mass is 32.1. The van der Waals surface area contributed by atoms with E-state index in [9.17, 15) is 9.59 Å². The van der Waals surface area contributed by atoms with Gasteiger partial charge in [0.1, 0.15) is 0 Å². The third kappa shape index (κ3) is 3.21. The van der Waals surface area contributed by atoms with Crippen molar-refractivity contribution >= 4 is 33.4 Å². The van der Waals surface area contributed by atoms with Gasteiger partial charge in [0.15, 0.2) is 4.80 Å². The zero-order valence-electron chi connectivity index (χ0n) is 12.4. The van der Waals surface area contributed by atoms with Crippen LogP contribution in [0.25, 0.3) is 10.2 Å². The quantitative estimate of drug-likeness (QED) is 0.816. The molecule has 0 fully saturated rings. The summed E-state index contributed by atoms with van der Waals surface area (Å²) < 4.78 is 7.63. The SMILES string of the molecule is CCCC(=O)N=c1sc2cc(C(=O)OC)ccc2n1CC. The Bertz CT molecular complexity index is 743. The first-order valence-corrected chi connectivity index (χ1v) is 7.71. The molecule has 0 radical (unpaired) electrons. The Labute approximate surface area is 126 Å². The molecular formula is C15H18N2O3S. The van der Waals surface area contributed by atoms with E-state index in [1.807, 2.05) is 24.5 Å². The first-order chi connectivity index (χ1) is 10.1. The summed E-state index contributed by atoms with van der Waals surface area (Å²) in [6.07, 6.45) is 1.23. The van der Waals surface area contributed by atoms with Crippen molar-refractivity contribution in [1.82, 2.24) is 4.57 Å². The number of nitrogens with zero attached hydrogens (tertiary/aromatic N) is 2. The molecule has 0 spiro atoms. The minimum absolute atomic E-state index is 0.112. The Balaban J connectivity index is 2.57. The maximum atomic E-state index is 11.7. The fourth-order valence-electron chi connectivity index (χ4n) is 2.09. The van der Waals surface area contributed by atoms with Crippen LogP contribution in [0.3, 0.4) is 0 Å². The first-order valence-electron chi connectivity index (χ1n) is 6.90. The number of aryl methyl sites for hydroxylation is 1. The number of ether oxygens (including phenoxy) is 1. The van der Waals surface area contributed by atoms with Crippen LogP contribution in [0.2, 0.25) is 0 Å². The van der Waals surface area contributed by atoms with Crippen LogP contribution in [0.5, 0.6) is 0 Å². The van der Waals surface area contributed by atoms with E-state index in [1.165, 1.54) is 18.4 Å². The van der Waals surface area contributed by atoms with E-state index in [4.69, 9.17) is 4.74 Å². The molecule has 0 aliphatic rings. The van der Waals surface area contributed by atoms with E-state index in [0.717, 1.165) is 23.2 Å². The van der Waals surface area contributed by atoms with Gasteiger partial charge in [-0.15, -0.1) is 0 Å². The molecule has 1 heterocycles. The molecule has 2 rings (SSSR count). The summed E-state index contributed by atoms with van der Waals surface area (Å²) in [7, 11) is 1.36. The van der Waals surface area contributed by atoms with Gasteiger partial charge < -0.3 is 9.30 Å². The minimum atomic E-state index is -0.367. The Hall–Kier alpha value is -1.95. The summed E-state index contributed by atoms with van der Waals surface area (Å²) in [5, 5.41) is 0. The van der Waals surface area contributed by atoms with E-state index in [1.54, 1.807) is 12.1 Å².